The molecule has 1 aliphatic rings. The summed E-state index contributed by atoms with van der Waals surface area (Å²) in [5.74, 6) is 0.598. The highest BCUT2D eigenvalue weighted by Gasteiger charge is 2.22. The topological polar surface area (TPSA) is 88.9 Å². The van der Waals surface area contributed by atoms with E-state index >= 15 is 0 Å². The summed E-state index contributed by atoms with van der Waals surface area (Å²) >= 11 is 1.27. The van der Waals surface area contributed by atoms with Gasteiger partial charge in [-0.05, 0) is 25.4 Å². The summed E-state index contributed by atoms with van der Waals surface area (Å²) in [4.78, 5) is 2.83. The van der Waals surface area contributed by atoms with Gasteiger partial charge in [0.2, 0.25) is 0 Å². The highest BCUT2D eigenvalue weighted by atomic mass is 32.1. The van der Waals surface area contributed by atoms with E-state index in [1.54, 1.807) is 0 Å². The average Bonchev–Trinajstić information content (AvgIpc) is 3.00. The molecule has 1 aromatic rings. The van der Waals surface area contributed by atoms with Gasteiger partial charge in [-0.1, -0.05) is 6.92 Å². The van der Waals surface area contributed by atoms with Crippen molar-refractivity contribution in [2.75, 3.05) is 37.2 Å². The number of anilines is 2. The zero-order valence-corrected chi connectivity index (χ0v) is 11.8. The largest absolute Gasteiger partial charge is 0.396 e. The summed E-state index contributed by atoms with van der Waals surface area (Å²) in [5, 5.41) is 22.0. The Bertz CT molecular complexity index is 536. The average molecular weight is 275 g/mol. The van der Waals surface area contributed by atoms with Crippen molar-refractivity contribution in [1.29, 1.82) is 10.5 Å². The van der Waals surface area contributed by atoms with Gasteiger partial charge < -0.3 is 16.0 Å². The zero-order chi connectivity index (χ0) is 13.8. The molecule has 2 heterocycles. The van der Waals surface area contributed by atoms with Gasteiger partial charge in [-0.3, -0.25) is 0 Å². The van der Waals surface area contributed by atoms with E-state index in [0.717, 1.165) is 31.2 Å². The number of nitriles is 2. The molecule has 1 aliphatic heterocycles. The number of nitrogens with zero attached hydrogens (tertiary/aromatic N) is 3. The van der Waals surface area contributed by atoms with Crippen LogP contribution in [0.3, 0.4) is 0 Å². The van der Waals surface area contributed by atoms with E-state index in [-0.39, 0.29) is 0 Å². The van der Waals surface area contributed by atoms with Gasteiger partial charge in [0.15, 0.2) is 0 Å². The maximum Gasteiger partial charge on any atom is 0.131 e. The molecule has 6 heteroatoms. The molecule has 0 aromatic carbocycles. The molecule has 100 valence electrons. The molecule has 0 radical (unpaired) electrons. The third-order valence-corrected chi connectivity index (χ3v) is 4.59. The van der Waals surface area contributed by atoms with Crippen LogP contribution < -0.4 is 11.1 Å². The summed E-state index contributed by atoms with van der Waals surface area (Å²) in [7, 11) is 0. The van der Waals surface area contributed by atoms with Crippen LogP contribution in [0.1, 0.15) is 23.8 Å². The number of hydrogen-bond acceptors (Lipinski definition) is 6. The molecule has 19 heavy (non-hydrogen) atoms. The summed E-state index contributed by atoms with van der Waals surface area (Å²) in [5.41, 5.74) is 6.48. The monoisotopic (exact) mass is 275 g/mol. The van der Waals surface area contributed by atoms with Crippen molar-refractivity contribution < 1.29 is 0 Å². The van der Waals surface area contributed by atoms with Crippen LogP contribution in [0.4, 0.5) is 10.7 Å². The van der Waals surface area contributed by atoms with Crippen LogP contribution in [0.5, 0.6) is 0 Å². The van der Waals surface area contributed by atoms with Gasteiger partial charge in [-0.2, -0.15) is 10.5 Å². The second kappa shape index (κ2) is 5.92. The lowest BCUT2D eigenvalue weighted by atomic mass is 10.1. The minimum atomic E-state index is 0.305. The van der Waals surface area contributed by atoms with Crippen molar-refractivity contribution >= 4 is 22.0 Å². The quantitative estimate of drug-likeness (QED) is 0.875. The van der Waals surface area contributed by atoms with Crippen molar-refractivity contribution in [3.05, 3.63) is 10.4 Å². The number of hydrogen-bond donors (Lipinski definition) is 2. The molecular weight excluding hydrogens is 258 g/mol. The number of nitrogen functional groups attached to an aromatic ring is 1. The Morgan fingerprint density at radius 1 is 1.47 bits per heavy atom. The number of thiophene rings is 1. The number of nitrogens with two attached hydrogens (primary N) is 1. The molecular formula is C13H17N5S. The zero-order valence-electron chi connectivity index (χ0n) is 10.9. The molecule has 0 spiro atoms. The molecule has 1 saturated heterocycles. The minimum Gasteiger partial charge on any atom is -0.396 e. The maximum absolute atomic E-state index is 9.10. The molecule has 0 saturated carbocycles. The lowest BCUT2D eigenvalue weighted by molar-refractivity contribution is 0.345. The fourth-order valence-corrected chi connectivity index (χ4v) is 3.24. The predicted octanol–water partition coefficient (Wildman–Crippen LogP) is 1.83. The van der Waals surface area contributed by atoms with E-state index < -0.39 is 0 Å². The van der Waals surface area contributed by atoms with Crippen LogP contribution in [0.2, 0.25) is 0 Å². The van der Waals surface area contributed by atoms with Gasteiger partial charge in [-0.25, -0.2) is 0 Å². The van der Waals surface area contributed by atoms with Crippen molar-refractivity contribution in [3.8, 4) is 12.1 Å². The molecule has 0 bridgehead atoms. The van der Waals surface area contributed by atoms with E-state index in [1.165, 1.54) is 17.8 Å². The van der Waals surface area contributed by atoms with Crippen molar-refractivity contribution in [3.63, 3.8) is 0 Å². The minimum absolute atomic E-state index is 0.305. The molecule has 5 nitrogen and oxygen atoms in total. The van der Waals surface area contributed by atoms with Gasteiger partial charge in [0.25, 0.3) is 0 Å². The molecule has 1 atom stereocenters. The Morgan fingerprint density at radius 2 is 2.26 bits per heavy atom. The molecule has 1 unspecified atom stereocenters. The van der Waals surface area contributed by atoms with Crippen LogP contribution in [-0.4, -0.2) is 31.1 Å². The number of rotatable bonds is 4. The molecule has 0 aliphatic carbocycles. The number of likely N-dealkylation sites (tertiary alicyclic amines) is 1. The third-order valence-electron chi connectivity index (χ3n) is 3.53. The second-order valence-corrected chi connectivity index (χ2v) is 5.72. The Balaban J connectivity index is 2.01. The van der Waals surface area contributed by atoms with Crippen molar-refractivity contribution in [2.24, 2.45) is 5.92 Å². The SMILES string of the molecule is CCN1CCC(CNc2sc(C#N)c(N)c2C#N)C1. The smallest absolute Gasteiger partial charge is 0.131 e. The van der Waals surface area contributed by atoms with Gasteiger partial charge >= 0.3 is 0 Å². The van der Waals surface area contributed by atoms with Crippen molar-refractivity contribution in [2.45, 2.75) is 13.3 Å². The van der Waals surface area contributed by atoms with Gasteiger partial charge in [0.1, 0.15) is 27.6 Å². The van der Waals surface area contributed by atoms with E-state index in [1.807, 2.05) is 6.07 Å². The highest BCUT2D eigenvalue weighted by molar-refractivity contribution is 7.17. The van der Waals surface area contributed by atoms with Crippen LogP contribution in [0.25, 0.3) is 0 Å². The second-order valence-electron chi connectivity index (χ2n) is 4.70. The Kier molecular flexibility index (Phi) is 4.26. The first-order valence-electron chi connectivity index (χ1n) is 6.38. The molecule has 1 aromatic heterocycles. The van der Waals surface area contributed by atoms with Gasteiger partial charge in [0, 0.05) is 13.1 Å². The van der Waals surface area contributed by atoms with E-state index in [0.29, 0.717) is 22.0 Å². The lowest BCUT2D eigenvalue weighted by Crippen LogP contribution is -2.22. The third kappa shape index (κ3) is 2.81. The van der Waals surface area contributed by atoms with E-state index in [4.69, 9.17) is 16.3 Å². The van der Waals surface area contributed by atoms with Gasteiger partial charge in [0.05, 0.1) is 5.69 Å². The lowest BCUT2D eigenvalue weighted by Gasteiger charge is -2.13. The molecule has 1 fully saturated rings. The van der Waals surface area contributed by atoms with Crippen LogP contribution >= 0.6 is 11.3 Å². The fourth-order valence-electron chi connectivity index (χ4n) is 2.37. The first kappa shape index (κ1) is 13.7. The summed E-state index contributed by atoms with van der Waals surface area (Å²) < 4.78 is 0. The Morgan fingerprint density at radius 3 is 2.84 bits per heavy atom. The molecule has 0 amide bonds. The first-order chi connectivity index (χ1) is 9.19. The Hall–Kier alpha value is -1.76. The fraction of sp³-hybridized carbons (Fsp3) is 0.538. The number of nitrogens with one attached hydrogen (secondary N) is 1. The summed E-state index contributed by atoms with van der Waals surface area (Å²) in [6.45, 7) is 6.32. The maximum atomic E-state index is 9.10. The summed E-state index contributed by atoms with van der Waals surface area (Å²) in [6, 6.07) is 4.10. The van der Waals surface area contributed by atoms with Gasteiger partial charge in [-0.15, -0.1) is 11.3 Å². The normalized spacial score (nSPS) is 19.0. The molecule has 3 N–H and O–H groups in total. The van der Waals surface area contributed by atoms with Crippen LogP contribution in [0, 0.1) is 28.6 Å². The van der Waals surface area contributed by atoms with E-state index in [9.17, 15) is 0 Å². The molecule has 2 rings (SSSR count). The highest BCUT2D eigenvalue weighted by Crippen LogP contribution is 2.34. The standard InChI is InChI=1S/C13H17N5S/c1-2-18-4-3-9(8-18)7-17-13-10(5-14)12(16)11(6-15)19-13/h9,17H,2-4,7-8,16H2,1H3. The van der Waals surface area contributed by atoms with Crippen LogP contribution in [0.15, 0.2) is 0 Å². The van der Waals surface area contributed by atoms with E-state index in [2.05, 4.69) is 23.2 Å². The predicted molar refractivity (Wildman–Crippen MR) is 76.9 cm³/mol. The van der Waals surface area contributed by atoms with Crippen molar-refractivity contribution in [1.82, 2.24) is 4.90 Å². The Labute approximate surface area is 117 Å². The first-order valence-corrected chi connectivity index (χ1v) is 7.19. The van der Waals surface area contributed by atoms with Crippen LogP contribution in [-0.2, 0) is 0 Å². The summed E-state index contributed by atoms with van der Waals surface area (Å²) in [6.07, 6.45) is 1.18.